The molecule has 0 unspecified atom stereocenters. The second-order valence-corrected chi connectivity index (χ2v) is 15.0. The Bertz CT molecular complexity index is 1610. The molecule has 0 bridgehead atoms. The minimum atomic E-state index is -1.38. The number of imide groups is 1. The van der Waals surface area contributed by atoms with Crippen molar-refractivity contribution in [2.75, 3.05) is 26.3 Å². The van der Waals surface area contributed by atoms with Gasteiger partial charge in [0.2, 0.25) is 0 Å². The molecular weight excluding hydrogens is 632 g/mol. The molecule has 1 N–H and O–H groups in total. The van der Waals surface area contributed by atoms with Crippen LogP contribution in [0.25, 0.3) is 0 Å². The maximum absolute atomic E-state index is 14.3. The third-order valence-electron chi connectivity index (χ3n) is 9.62. The van der Waals surface area contributed by atoms with Gasteiger partial charge in [-0.2, -0.15) is 0 Å². The molecule has 1 saturated carbocycles. The number of hydrogen-bond donors (Lipinski definition) is 1. The predicted molar refractivity (Wildman–Crippen MR) is 193 cm³/mol. The summed E-state index contributed by atoms with van der Waals surface area (Å²) in [6, 6.07) is 19.7. The summed E-state index contributed by atoms with van der Waals surface area (Å²) >= 11 is 0. The number of carbonyl (C=O) groups excluding carboxylic acids is 2. The average molecular weight is 685 g/mol. The van der Waals surface area contributed by atoms with Gasteiger partial charge in [0.05, 0.1) is 13.2 Å². The van der Waals surface area contributed by atoms with E-state index >= 15 is 0 Å². The van der Waals surface area contributed by atoms with Crippen LogP contribution < -0.4 is 9.47 Å². The molecule has 1 aliphatic carbocycles. The van der Waals surface area contributed by atoms with E-state index in [1.54, 1.807) is 6.07 Å². The normalized spacial score (nSPS) is 16.2. The summed E-state index contributed by atoms with van der Waals surface area (Å²) in [5.41, 5.74) is 3.41. The number of hydrogen-bond acceptors (Lipinski definition) is 6. The fraction of sp³-hybridized carbons (Fsp3) is 0.488. The smallest absolute Gasteiger partial charge is 0.414 e. The van der Waals surface area contributed by atoms with Crippen LogP contribution in [-0.4, -0.2) is 59.3 Å². The molecular formula is C41H52N2O7. The van der Waals surface area contributed by atoms with Gasteiger partial charge in [-0.1, -0.05) is 90.6 Å². The predicted octanol–water partition coefficient (Wildman–Crippen LogP) is 9.18. The van der Waals surface area contributed by atoms with Crippen molar-refractivity contribution in [1.82, 2.24) is 9.80 Å². The van der Waals surface area contributed by atoms with Gasteiger partial charge in [0, 0.05) is 13.1 Å². The highest BCUT2D eigenvalue weighted by Gasteiger charge is 2.41. The molecule has 3 aromatic rings. The summed E-state index contributed by atoms with van der Waals surface area (Å²) < 4.78 is 17.7. The van der Waals surface area contributed by atoms with Gasteiger partial charge in [-0.05, 0) is 95.2 Å². The van der Waals surface area contributed by atoms with Gasteiger partial charge < -0.3 is 19.3 Å². The molecule has 0 aromatic heterocycles. The molecule has 1 heterocycles. The number of carboxylic acid groups (broad SMARTS) is 1. The van der Waals surface area contributed by atoms with Crippen molar-refractivity contribution in [3.63, 3.8) is 0 Å². The van der Waals surface area contributed by atoms with E-state index in [1.807, 2.05) is 74.5 Å². The topological polar surface area (TPSA) is 106 Å². The maximum atomic E-state index is 14.3. The van der Waals surface area contributed by atoms with Crippen LogP contribution in [0, 0.1) is 11.8 Å². The Labute approximate surface area is 296 Å². The maximum Gasteiger partial charge on any atom is 0.414 e. The van der Waals surface area contributed by atoms with E-state index in [0.29, 0.717) is 36.5 Å². The van der Waals surface area contributed by atoms with E-state index in [9.17, 15) is 19.5 Å². The number of rotatable bonds is 12. The summed E-state index contributed by atoms with van der Waals surface area (Å²) in [6.07, 6.45) is 5.01. The Balaban J connectivity index is 1.34. The molecule has 2 aliphatic rings. The molecule has 0 spiro atoms. The Morgan fingerprint density at radius 2 is 1.58 bits per heavy atom. The Hall–Kier alpha value is -4.53. The molecule has 268 valence electrons. The zero-order valence-electron chi connectivity index (χ0n) is 30.2. The lowest BCUT2D eigenvalue weighted by atomic mass is 9.87. The third kappa shape index (κ3) is 9.58. The van der Waals surface area contributed by atoms with E-state index in [0.717, 1.165) is 34.1 Å². The van der Waals surface area contributed by atoms with Crippen molar-refractivity contribution in [2.45, 2.75) is 91.0 Å². The molecule has 1 fully saturated rings. The summed E-state index contributed by atoms with van der Waals surface area (Å²) in [7, 11) is 0. The van der Waals surface area contributed by atoms with Crippen molar-refractivity contribution < 1.29 is 33.7 Å². The van der Waals surface area contributed by atoms with Crippen LogP contribution in [0.5, 0.6) is 17.2 Å². The lowest BCUT2D eigenvalue weighted by molar-refractivity contribution is -0.135. The van der Waals surface area contributed by atoms with Crippen molar-refractivity contribution >= 4 is 18.1 Å². The van der Waals surface area contributed by atoms with E-state index in [-0.39, 0.29) is 31.0 Å². The first-order valence-corrected chi connectivity index (χ1v) is 18.0. The summed E-state index contributed by atoms with van der Waals surface area (Å²) in [6.45, 7) is 11.3. The molecule has 1 atom stereocenters. The van der Waals surface area contributed by atoms with Crippen LogP contribution in [0.15, 0.2) is 66.7 Å². The number of fused-ring (bicyclic) bond motifs is 1. The monoisotopic (exact) mass is 684 g/mol. The minimum absolute atomic E-state index is 0.00630. The fourth-order valence-corrected chi connectivity index (χ4v) is 6.68. The molecule has 1 aliphatic heterocycles. The molecule has 0 saturated heterocycles. The Morgan fingerprint density at radius 3 is 2.22 bits per heavy atom. The second-order valence-electron chi connectivity index (χ2n) is 15.0. The van der Waals surface area contributed by atoms with Gasteiger partial charge in [0.25, 0.3) is 5.91 Å². The van der Waals surface area contributed by atoms with Gasteiger partial charge in [0.15, 0.2) is 0 Å². The van der Waals surface area contributed by atoms with E-state index in [2.05, 4.69) is 20.8 Å². The molecule has 9 nitrogen and oxygen atoms in total. The quantitative estimate of drug-likeness (QED) is 0.203. The molecule has 3 aromatic carbocycles. The molecule has 9 heteroatoms. The SMILES string of the molecule is CC(C)COC(=O)N1CCc2ccc(Oc3ccc(C(C)(C)C)cc3)cc2[C@H]1C(=O)N(CCc1ccc(OCCC2CCCC2)cc1)C(=O)O. The standard InChI is InChI=1S/C41H52N2O7/c1-28(2)27-49-40(47)42-24-21-31-12-17-35(50-34-18-13-32(14-19-34)41(3,4)5)26-36(31)37(42)38(44)43(39(45)46)23-20-30-10-15-33(16-11-30)48-25-22-29-8-6-7-9-29/h10-19,26,28-29,37H,6-9,20-25,27H2,1-5H3,(H,45,46)/t37-/m0/s1. The molecule has 0 radical (unpaired) electrons. The number of carbonyl (C=O) groups is 3. The highest BCUT2D eigenvalue weighted by Crippen LogP contribution is 2.36. The van der Waals surface area contributed by atoms with Crippen LogP contribution in [0.1, 0.15) is 95.0 Å². The fourth-order valence-electron chi connectivity index (χ4n) is 6.68. The first-order valence-electron chi connectivity index (χ1n) is 18.0. The van der Waals surface area contributed by atoms with E-state index in [4.69, 9.17) is 14.2 Å². The zero-order valence-corrected chi connectivity index (χ0v) is 30.2. The van der Waals surface area contributed by atoms with Crippen LogP contribution in [0.3, 0.4) is 0 Å². The van der Waals surface area contributed by atoms with Gasteiger partial charge in [-0.15, -0.1) is 0 Å². The summed E-state index contributed by atoms with van der Waals surface area (Å²) in [5, 5.41) is 10.3. The number of nitrogens with zero attached hydrogens (tertiary/aromatic N) is 2. The average Bonchev–Trinajstić information content (AvgIpc) is 3.60. The second kappa shape index (κ2) is 16.5. The lowest BCUT2D eigenvalue weighted by Crippen LogP contribution is -2.50. The molecule has 3 amide bonds. The highest BCUT2D eigenvalue weighted by molar-refractivity contribution is 5.97. The van der Waals surface area contributed by atoms with Crippen LogP contribution >= 0.6 is 0 Å². The molecule has 50 heavy (non-hydrogen) atoms. The van der Waals surface area contributed by atoms with Gasteiger partial charge in [-0.3, -0.25) is 9.69 Å². The summed E-state index contributed by atoms with van der Waals surface area (Å²) in [5.74, 6) is 2.02. The largest absolute Gasteiger partial charge is 0.494 e. The van der Waals surface area contributed by atoms with Gasteiger partial charge >= 0.3 is 12.2 Å². The highest BCUT2D eigenvalue weighted by atomic mass is 16.6. The minimum Gasteiger partial charge on any atom is -0.494 e. The van der Waals surface area contributed by atoms with E-state index in [1.165, 1.54) is 36.1 Å². The van der Waals surface area contributed by atoms with Crippen LogP contribution in [0.4, 0.5) is 9.59 Å². The summed E-state index contributed by atoms with van der Waals surface area (Å²) in [4.78, 5) is 42.5. The van der Waals surface area contributed by atoms with Crippen molar-refractivity contribution in [1.29, 1.82) is 0 Å². The molecule has 5 rings (SSSR count). The number of benzene rings is 3. The van der Waals surface area contributed by atoms with Crippen LogP contribution in [0.2, 0.25) is 0 Å². The van der Waals surface area contributed by atoms with Crippen molar-refractivity contribution in [3.8, 4) is 17.2 Å². The van der Waals surface area contributed by atoms with Crippen molar-refractivity contribution in [2.24, 2.45) is 11.8 Å². The van der Waals surface area contributed by atoms with Crippen LogP contribution in [-0.2, 0) is 27.8 Å². The first kappa shape index (κ1) is 36.7. The first-order chi connectivity index (χ1) is 23.9. The van der Waals surface area contributed by atoms with Gasteiger partial charge in [-0.25, -0.2) is 14.5 Å². The number of ether oxygens (including phenoxy) is 3. The van der Waals surface area contributed by atoms with Gasteiger partial charge in [0.1, 0.15) is 23.3 Å². The Morgan fingerprint density at radius 1 is 0.920 bits per heavy atom. The van der Waals surface area contributed by atoms with E-state index < -0.39 is 24.1 Å². The Kier molecular flexibility index (Phi) is 12.1. The number of amides is 3. The lowest BCUT2D eigenvalue weighted by Gasteiger charge is -2.37. The third-order valence-corrected chi connectivity index (χ3v) is 9.62. The van der Waals surface area contributed by atoms with Crippen molar-refractivity contribution in [3.05, 3.63) is 89.0 Å². The zero-order chi connectivity index (χ0) is 35.8.